The summed E-state index contributed by atoms with van der Waals surface area (Å²) in [5.74, 6) is 6.99. The van der Waals surface area contributed by atoms with E-state index in [2.05, 4.69) is 21.9 Å². The van der Waals surface area contributed by atoms with E-state index in [1.807, 2.05) is 83.5 Å². The van der Waals surface area contributed by atoms with Crippen LogP contribution >= 0.6 is 0 Å². The lowest BCUT2D eigenvalue weighted by Gasteiger charge is -2.31. The molecule has 0 saturated carbocycles. The van der Waals surface area contributed by atoms with Crippen LogP contribution in [0.15, 0.2) is 79.4 Å². The average molecular weight is 480 g/mol. The van der Waals surface area contributed by atoms with Crippen molar-refractivity contribution in [1.82, 2.24) is 24.2 Å². The molecule has 5 rings (SSSR count). The molecule has 1 aliphatic heterocycles. The molecule has 2 aromatic heterocycles. The third-order valence-corrected chi connectivity index (χ3v) is 6.68. The van der Waals surface area contributed by atoms with Gasteiger partial charge in [0.15, 0.2) is 0 Å². The van der Waals surface area contributed by atoms with Crippen molar-refractivity contribution in [3.63, 3.8) is 0 Å². The van der Waals surface area contributed by atoms with Crippen LogP contribution in [0.3, 0.4) is 0 Å². The highest BCUT2D eigenvalue weighted by Gasteiger charge is 2.37. The SMILES string of the molecule is Cn1ccnc1C(C)(O)CC1CCCN1C(=O)c1ccc(-n2cccn2)c(C#Cc2ccccc2)c1. The largest absolute Gasteiger partial charge is 0.382 e. The molecule has 7 nitrogen and oxygen atoms in total. The van der Waals surface area contributed by atoms with Crippen LogP contribution in [0.5, 0.6) is 0 Å². The number of rotatable bonds is 5. The molecule has 4 aromatic rings. The van der Waals surface area contributed by atoms with Crippen LogP contribution in [0.25, 0.3) is 5.69 Å². The Kier molecular flexibility index (Phi) is 6.45. The van der Waals surface area contributed by atoms with Crippen LogP contribution in [0.4, 0.5) is 0 Å². The highest BCUT2D eigenvalue weighted by molar-refractivity contribution is 5.95. The van der Waals surface area contributed by atoms with Crippen LogP contribution in [0.1, 0.15) is 53.5 Å². The van der Waals surface area contributed by atoms with Crippen molar-refractivity contribution >= 4 is 5.91 Å². The molecular formula is C29H29N5O2. The Bertz CT molecular complexity index is 1410. The fourth-order valence-electron chi connectivity index (χ4n) is 4.96. The lowest BCUT2D eigenvalue weighted by molar-refractivity contribution is 0.0122. The van der Waals surface area contributed by atoms with E-state index in [0.717, 1.165) is 29.7 Å². The Morgan fingerprint density at radius 1 is 1.11 bits per heavy atom. The topological polar surface area (TPSA) is 76.2 Å². The van der Waals surface area contributed by atoms with Gasteiger partial charge in [0, 0.05) is 62.0 Å². The Labute approximate surface area is 211 Å². The summed E-state index contributed by atoms with van der Waals surface area (Å²) in [6.45, 7) is 2.43. The van der Waals surface area contributed by atoms with E-state index in [9.17, 15) is 9.90 Å². The number of nitrogens with zero attached hydrogens (tertiary/aromatic N) is 5. The maximum atomic E-state index is 13.7. The van der Waals surface area contributed by atoms with Gasteiger partial charge in [0.05, 0.1) is 11.3 Å². The average Bonchev–Trinajstić information content (AvgIpc) is 3.65. The number of hydrogen-bond donors (Lipinski definition) is 1. The number of benzene rings is 2. The third kappa shape index (κ3) is 4.81. The smallest absolute Gasteiger partial charge is 0.254 e. The zero-order valence-corrected chi connectivity index (χ0v) is 20.5. The Balaban J connectivity index is 1.44. The quantitative estimate of drug-likeness (QED) is 0.441. The summed E-state index contributed by atoms with van der Waals surface area (Å²) < 4.78 is 3.58. The van der Waals surface area contributed by atoms with Gasteiger partial charge in [-0.2, -0.15) is 5.10 Å². The van der Waals surface area contributed by atoms with Gasteiger partial charge in [0.1, 0.15) is 11.4 Å². The third-order valence-electron chi connectivity index (χ3n) is 6.68. The van der Waals surface area contributed by atoms with Crippen molar-refractivity contribution < 1.29 is 9.90 Å². The van der Waals surface area contributed by atoms with Gasteiger partial charge in [-0.25, -0.2) is 9.67 Å². The number of carbonyl (C=O) groups is 1. The van der Waals surface area contributed by atoms with Gasteiger partial charge in [0.2, 0.25) is 0 Å². The van der Waals surface area contributed by atoms with Gasteiger partial charge < -0.3 is 14.6 Å². The second-order valence-electron chi connectivity index (χ2n) is 9.43. The highest BCUT2D eigenvalue weighted by Crippen LogP contribution is 2.32. The Morgan fingerprint density at radius 3 is 2.67 bits per heavy atom. The first-order valence-corrected chi connectivity index (χ1v) is 12.1. The summed E-state index contributed by atoms with van der Waals surface area (Å²) in [4.78, 5) is 19.9. The van der Waals surface area contributed by atoms with Crippen LogP contribution in [-0.4, -0.2) is 47.8 Å². The first-order valence-electron chi connectivity index (χ1n) is 12.1. The first kappa shape index (κ1) is 23.6. The van der Waals surface area contributed by atoms with Crippen molar-refractivity contribution in [2.24, 2.45) is 7.05 Å². The second kappa shape index (κ2) is 9.84. The molecule has 2 atom stereocenters. The Hall–Kier alpha value is -4.15. The molecule has 1 amide bonds. The summed E-state index contributed by atoms with van der Waals surface area (Å²) >= 11 is 0. The summed E-state index contributed by atoms with van der Waals surface area (Å²) in [6.07, 6.45) is 9.25. The minimum atomic E-state index is -1.14. The molecule has 1 saturated heterocycles. The molecule has 3 heterocycles. The zero-order chi connectivity index (χ0) is 25.1. The molecule has 2 aromatic carbocycles. The maximum Gasteiger partial charge on any atom is 0.254 e. The molecule has 0 radical (unpaired) electrons. The number of hydrogen-bond acceptors (Lipinski definition) is 4. The molecule has 7 heteroatoms. The number of aryl methyl sites for hydroxylation is 1. The van der Waals surface area contributed by atoms with Crippen LogP contribution < -0.4 is 0 Å². The number of likely N-dealkylation sites (tertiary alicyclic amines) is 1. The molecule has 0 spiro atoms. The summed E-state index contributed by atoms with van der Waals surface area (Å²) in [5, 5.41) is 15.6. The monoisotopic (exact) mass is 479 g/mol. The van der Waals surface area contributed by atoms with Crippen molar-refractivity contribution in [3.05, 3.63) is 102 Å². The van der Waals surface area contributed by atoms with E-state index >= 15 is 0 Å². The summed E-state index contributed by atoms with van der Waals surface area (Å²) in [6, 6.07) is 17.1. The van der Waals surface area contributed by atoms with Gasteiger partial charge in [-0.15, -0.1) is 0 Å². The maximum absolute atomic E-state index is 13.7. The number of carbonyl (C=O) groups excluding carboxylic acids is 1. The molecule has 1 fully saturated rings. The number of aliphatic hydroxyl groups is 1. The normalized spacial score (nSPS) is 16.9. The molecule has 1 aliphatic rings. The molecule has 1 N–H and O–H groups in total. The van der Waals surface area contributed by atoms with Crippen molar-refractivity contribution in [3.8, 4) is 17.5 Å². The van der Waals surface area contributed by atoms with E-state index in [0.29, 0.717) is 24.4 Å². The van der Waals surface area contributed by atoms with Crippen molar-refractivity contribution in [1.29, 1.82) is 0 Å². The summed E-state index contributed by atoms with van der Waals surface area (Å²) in [5.41, 5.74) is 1.88. The van der Waals surface area contributed by atoms with E-state index in [1.54, 1.807) is 24.0 Å². The van der Waals surface area contributed by atoms with Crippen molar-refractivity contribution in [2.75, 3.05) is 6.54 Å². The molecule has 0 bridgehead atoms. The van der Waals surface area contributed by atoms with Crippen LogP contribution in [0, 0.1) is 11.8 Å². The minimum absolute atomic E-state index is 0.0529. The summed E-state index contributed by atoms with van der Waals surface area (Å²) in [7, 11) is 1.87. The zero-order valence-electron chi connectivity index (χ0n) is 20.5. The predicted molar refractivity (Wildman–Crippen MR) is 137 cm³/mol. The number of imidazole rings is 1. The molecule has 182 valence electrons. The van der Waals surface area contributed by atoms with E-state index in [1.165, 1.54) is 0 Å². The highest BCUT2D eigenvalue weighted by atomic mass is 16.3. The van der Waals surface area contributed by atoms with E-state index < -0.39 is 5.60 Å². The molecule has 36 heavy (non-hydrogen) atoms. The van der Waals surface area contributed by atoms with Gasteiger partial charge >= 0.3 is 0 Å². The van der Waals surface area contributed by atoms with Crippen LogP contribution in [-0.2, 0) is 12.6 Å². The lowest BCUT2D eigenvalue weighted by atomic mass is 9.94. The van der Waals surface area contributed by atoms with E-state index in [-0.39, 0.29) is 11.9 Å². The van der Waals surface area contributed by atoms with Gasteiger partial charge in [0.25, 0.3) is 5.91 Å². The molecular weight excluding hydrogens is 450 g/mol. The molecule has 2 unspecified atom stereocenters. The lowest BCUT2D eigenvalue weighted by Crippen LogP contribution is -2.40. The fourth-order valence-corrected chi connectivity index (χ4v) is 4.96. The standard InChI is InChI=1S/C29H29N5O2/c1-29(36,28-30-16-19-32(28)2)21-25-10-6-17-33(25)27(35)24-13-14-26(34-18-7-15-31-34)23(20-24)12-11-22-8-4-3-5-9-22/h3-5,7-9,13-16,18-20,25,36H,6,10,17,21H2,1-2H3. The van der Waals surface area contributed by atoms with Gasteiger partial charge in [-0.3, -0.25) is 4.79 Å². The first-order chi connectivity index (χ1) is 17.4. The minimum Gasteiger partial charge on any atom is -0.382 e. The van der Waals surface area contributed by atoms with E-state index in [4.69, 9.17) is 0 Å². The van der Waals surface area contributed by atoms with Gasteiger partial charge in [-0.05, 0) is 56.2 Å². The Morgan fingerprint density at radius 2 is 1.94 bits per heavy atom. The second-order valence-corrected chi connectivity index (χ2v) is 9.43. The predicted octanol–water partition coefficient (Wildman–Crippen LogP) is 3.91. The number of aromatic nitrogens is 4. The van der Waals surface area contributed by atoms with Crippen molar-refractivity contribution in [2.45, 2.75) is 37.8 Å². The molecule has 0 aliphatic carbocycles. The van der Waals surface area contributed by atoms with Gasteiger partial charge in [-0.1, -0.05) is 30.0 Å². The van der Waals surface area contributed by atoms with Crippen LogP contribution in [0.2, 0.25) is 0 Å². The fraction of sp³-hybridized carbons (Fsp3) is 0.276. The number of amides is 1.